The topological polar surface area (TPSA) is 72.0 Å². The summed E-state index contributed by atoms with van der Waals surface area (Å²) < 4.78 is 5.06. The lowest BCUT2D eigenvalue weighted by Crippen LogP contribution is -1.99. The van der Waals surface area contributed by atoms with E-state index in [0.717, 1.165) is 0 Å². The van der Waals surface area contributed by atoms with Gasteiger partial charge in [0.05, 0.1) is 5.51 Å². The molecule has 1 atom stereocenters. The second kappa shape index (κ2) is 4.67. The highest BCUT2D eigenvalue weighted by Gasteiger charge is 2.19. The lowest BCUT2D eigenvalue weighted by Gasteiger charge is -2.04. The first-order chi connectivity index (χ1) is 8.84. The summed E-state index contributed by atoms with van der Waals surface area (Å²) in [5, 5.41) is 15.7. The van der Waals surface area contributed by atoms with Crippen molar-refractivity contribution in [2.75, 3.05) is 0 Å². The number of nitrogens with zero attached hydrogens (tertiary/aromatic N) is 3. The van der Waals surface area contributed by atoms with Crippen LogP contribution < -0.4 is 0 Å². The van der Waals surface area contributed by atoms with Crippen LogP contribution in [0, 0.1) is 0 Å². The van der Waals surface area contributed by atoms with Crippen molar-refractivity contribution < 1.29 is 9.63 Å². The molecule has 3 rings (SSSR count). The molecule has 18 heavy (non-hydrogen) atoms. The van der Waals surface area contributed by atoms with Gasteiger partial charge in [-0.15, -0.1) is 11.3 Å². The lowest BCUT2D eigenvalue weighted by atomic mass is 10.1. The van der Waals surface area contributed by atoms with Crippen molar-refractivity contribution in [2.24, 2.45) is 0 Å². The van der Waals surface area contributed by atoms with Gasteiger partial charge in [-0.25, -0.2) is 4.98 Å². The zero-order valence-corrected chi connectivity index (χ0v) is 10.0. The van der Waals surface area contributed by atoms with Crippen molar-refractivity contribution in [2.45, 2.75) is 6.10 Å². The highest BCUT2D eigenvalue weighted by atomic mass is 32.1. The quantitative estimate of drug-likeness (QED) is 0.781. The molecule has 90 valence electrons. The van der Waals surface area contributed by atoms with Gasteiger partial charge >= 0.3 is 0 Å². The molecule has 2 heterocycles. The van der Waals surface area contributed by atoms with Gasteiger partial charge in [-0.2, -0.15) is 4.98 Å². The zero-order valence-electron chi connectivity index (χ0n) is 9.22. The minimum atomic E-state index is -0.911. The Bertz CT molecular complexity index is 622. The standard InChI is InChI=1S/C12H9N3O2S/c16-10(8-4-2-1-3-5-8)12-14-11(15-17-12)9-6-18-7-13-9/h1-7,10,16H. The molecular formula is C12H9N3O2S. The van der Waals surface area contributed by atoms with Gasteiger partial charge in [-0.1, -0.05) is 35.5 Å². The molecule has 0 fully saturated rings. The molecule has 0 saturated heterocycles. The third kappa shape index (κ3) is 2.03. The van der Waals surface area contributed by atoms with E-state index in [0.29, 0.717) is 17.1 Å². The fraction of sp³-hybridized carbons (Fsp3) is 0.0833. The largest absolute Gasteiger partial charge is 0.378 e. The average molecular weight is 259 g/mol. The molecule has 0 aliphatic carbocycles. The molecular weight excluding hydrogens is 250 g/mol. The maximum Gasteiger partial charge on any atom is 0.260 e. The monoisotopic (exact) mass is 259 g/mol. The molecule has 6 heteroatoms. The third-order valence-electron chi connectivity index (χ3n) is 2.45. The van der Waals surface area contributed by atoms with E-state index in [1.54, 1.807) is 17.6 Å². The lowest BCUT2D eigenvalue weighted by molar-refractivity contribution is 0.170. The molecule has 1 unspecified atom stereocenters. The number of hydrogen-bond acceptors (Lipinski definition) is 6. The van der Waals surface area contributed by atoms with Crippen LogP contribution in [0.1, 0.15) is 17.6 Å². The van der Waals surface area contributed by atoms with Gasteiger partial charge in [0.2, 0.25) is 5.82 Å². The van der Waals surface area contributed by atoms with E-state index in [1.165, 1.54) is 11.3 Å². The van der Waals surface area contributed by atoms with Gasteiger partial charge in [0.15, 0.2) is 6.10 Å². The summed E-state index contributed by atoms with van der Waals surface area (Å²) >= 11 is 1.45. The number of thiazole rings is 1. The van der Waals surface area contributed by atoms with Gasteiger partial charge in [0, 0.05) is 5.38 Å². The molecule has 0 radical (unpaired) electrons. The first-order valence-electron chi connectivity index (χ1n) is 5.30. The van der Waals surface area contributed by atoms with Crippen LogP contribution in [-0.2, 0) is 0 Å². The third-order valence-corrected chi connectivity index (χ3v) is 3.04. The van der Waals surface area contributed by atoms with E-state index in [4.69, 9.17) is 4.52 Å². The van der Waals surface area contributed by atoms with Crippen LogP contribution in [0.3, 0.4) is 0 Å². The first-order valence-corrected chi connectivity index (χ1v) is 6.24. The summed E-state index contributed by atoms with van der Waals surface area (Å²) in [7, 11) is 0. The average Bonchev–Trinajstić information content (AvgIpc) is 3.09. The van der Waals surface area contributed by atoms with E-state index >= 15 is 0 Å². The molecule has 0 saturated carbocycles. The fourth-order valence-electron chi connectivity index (χ4n) is 1.55. The van der Waals surface area contributed by atoms with E-state index in [2.05, 4.69) is 15.1 Å². The number of aliphatic hydroxyl groups is 1. The molecule has 0 spiro atoms. The van der Waals surface area contributed by atoms with E-state index in [1.807, 2.05) is 23.6 Å². The number of benzene rings is 1. The molecule has 0 aliphatic heterocycles. The predicted octanol–water partition coefficient (Wildman–Crippen LogP) is 2.27. The second-order valence-electron chi connectivity index (χ2n) is 3.64. The predicted molar refractivity (Wildman–Crippen MR) is 65.9 cm³/mol. The van der Waals surface area contributed by atoms with Crippen molar-refractivity contribution in [3.8, 4) is 11.5 Å². The van der Waals surface area contributed by atoms with Gasteiger partial charge < -0.3 is 9.63 Å². The molecule has 3 aromatic rings. The van der Waals surface area contributed by atoms with Crippen LogP contribution in [0.2, 0.25) is 0 Å². The Hall–Kier alpha value is -2.05. The number of aliphatic hydroxyl groups excluding tert-OH is 1. The molecule has 0 aliphatic rings. The summed E-state index contributed by atoms with van der Waals surface area (Å²) in [6, 6.07) is 9.17. The van der Waals surface area contributed by atoms with Crippen molar-refractivity contribution in [1.29, 1.82) is 0 Å². The summed E-state index contributed by atoms with van der Waals surface area (Å²) in [4.78, 5) is 8.23. The molecule has 5 nitrogen and oxygen atoms in total. The Balaban J connectivity index is 1.90. The van der Waals surface area contributed by atoms with Crippen LogP contribution in [0.25, 0.3) is 11.5 Å². The molecule has 1 aromatic carbocycles. The van der Waals surface area contributed by atoms with Crippen LogP contribution in [-0.4, -0.2) is 20.2 Å². The van der Waals surface area contributed by atoms with Crippen LogP contribution in [0.4, 0.5) is 0 Å². The second-order valence-corrected chi connectivity index (χ2v) is 4.36. The van der Waals surface area contributed by atoms with Gasteiger partial charge in [0.1, 0.15) is 5.69 Å². The Kier molecular flexibility index (Phi) is 2.87. The summed E-state index contributed by atoms with van der Waals surface area (Å²) in [6.45, 7) is 0. The van der Waals surface area contributed by atoms with E-state index in [-0.39, 0.29) is 5.89 Å². The maximum atomic E-state index is 10.1. The van der Waals surface area contributed by atoms with Crippen LogP contribution >= 0.6 is 11.3 Å². The van der Waals surface area contributed by atoms with Crippen LogP contribution in [0.15, 0.2) is 45.7 Å². The molecule has 2 aromatic heterocycles. The van der Waals surface area contributed by atoms with E-state index < -0.39 is 6.10 Å². The minimum absolute atomic E-state index is 0.171. The molecule has 0 bridgehead atoms. The van der Waals surface area contributed by atoms with Crippen molar-refractivity contribution in [1.82, 2.24) is 15.1 Å². The van der Waals surface area contributed by atoms with Crippen molar-refractivity contribution in [3.63, 3.8) is 0 Å². The zero-order chi connectivity index (χ0) is 12.4. The van der Waals surface area contributed by atoms with Gasteiger partial charge in [-0.05, 0) is 5.56 Å². The summed E-state index contributed by atoms with van der Waals surface area (Å²) in [5.41, 5.74) is 3.06. The molecule has 0 amide bonds. The SMILES string of the molecule is OC(c1ccccc1)c1nc(-c2cscn2)no1. The fourth-order valence-corrected chi connectivity index (χ4v) is 2.08. The summed E-state index contributed by atoms with van der Waals surface area (Å²) in [6.07, 6.45) is -0.911. The normalized spacial score (nSPS) is 12.5. The molecule has 1 N–H and O–H groups in total. The van der Waals surface area contributed by atoms with E-state index in [9.17, 15) is 5.11 Å². The maximum absolute atomic E-state index is 10.1. The minimum Gasteiger partial charge on any atom is -0.378 e. The van der Waals surface area contributed by atoms with Crippen molar-refractivity contribution >= 4 is 11.3 Å². The number of aromatic nitrogens is 3. The smallest absolute Gasteiger partial charge is 0.260 e. The Morgan fingerprint density at radius 1 is 1.22 bits per heavy atom. The van der Waals surface area contributed by atoms with Gasteiger partial charge in [0.25, 0.3) is 5.89 Å². The Morgan fingerprint density at radius 3 is 2.78 bits per heavy atom. The number of hydrogen-bond donors (Lipinski definition) is 1. The van der Waals surface area contributed by atoms with Crippen molar-refractivity contribution in [3.05, 3.63) is 52.7 Å². The number of rotatable bonds is 3. The Labute approximate surface area is 107 Å². The summed E-state index contributed by atoms with van der Waals surface area (Å²) in [5.74, 6) is 0.561. The van der Waals surface area contributed by atoms with Gasteiger partial charge in [-0.3, -0.25) is 0 Å². The van der Waals surface area contributed by atoms with Crippen LogP contribution in [0.5, 0.6) is 0 Å². The highest BCUT2D eigenvalue weighted by molar-refractivity contribution is 7.07. The Morgan fingerprint density at radius 2 is 2.06 bits per heavy atom. The highest BCUT2D eigenvalue weighted by Crippen LogP contribution is 2.22. The first kappa shape index (κ1) is 11.1.